The van der Waals surface area contributed by atoms with E-state index in [2.05, 4.69) is 0 Å². The zero-order valence-electron chi connectivity index (χ0n) is 10.0. The summed E-state index contributed by atoms with van der Waals surface area (Å²) < 4.78 is 11.1. The average Bonchev–Trinajstić information content (AvgIpc) is 2.38. The second-order valence-corrected chi connectivity index (χ2v) is 3.74. The van der Waals surface area contributed by atoms with E-state index in [0.717, 1.165) is 11.4 Å². The molecule has 0 amide bonds. The monoisotopic (exact) mass is 275 g/mol. The van der Waals surface area contributed by atoms with Gasteiger partial charge >= 0.3 is 0 Å². The van der Waals surface area contributed by atoms with Crippen LogP contribution < -0.4 is 14.4 Å². The number of aliphatic hydroxyl groups is 2. The zero-order chi connectivity index (χ0) is 12.1. The minimum absolute atomic E-state index is 0. The van der Waals surface area contributed by atoms with Crippen LogP contribution in [0.3, 0.4) is 0 Å². The quantitative estimate of drug-likeness (QED) is 0.827. The van der Waals surface area contributed by atoms with Gasteiger partial charge in [-0.2, -0.15) is 0 Å². The fraction of sp³-hybridized carbons (Fsp3) is 0.500. The number of aliphatic hydroxyl groups excluding tert-OH is 2. The van der Waals surface area contributed by atoms with Gasteiger partial charge < -0.3 is 24.6 Å². The lowest BCUT2D eigenvalue weighted by molar-refractivity contribution is 0.171. The van der Waals surface area contributed by atoms with E-state index in [-0.39, 0.29) is 25.6 Å². The third kappa shape index (κ3) is 3.19. The van der Waals surface area contributed by atoms with Crippen LogP contribution in [0.2, 0.25) is 0 Å². The minimum Gasteiger partial charge on any atom is -0.486 e. The van der Waals surface area contributed by atoms with Crippen LogP contribution in [0.1, 0.15) is 0 Å². The van der Waals surface area contributed by atoms with Crippen molar-refractivity contribution in [1.29, 1.82) is 0 Å². The summed E-state index contributed by atoms with van der Waals surface area (Å²) in [4.78, 5) is 1.88. The normalized spacial score (nSPS) is 12.8. The Kier molecular flexibility index (Phi) is 6.04. The van der Waals surface area contributed by atoms with Crippen LogP contribution in [0.15, 0.2) is 18.2 Å². The van der Waals surface area contributed by atoms with Gasteiger partial charge in [-0.25, -0.2) is 0 Å². The predicted molar refractivity (Wildman–Crippen MR) is 71.1 cm³/mol. The molecule has 0 spiro atoms. The number of hydrogen-bond donors (Lipinski definition) is 2. The summed E-state index contributed by atoms with van der Waals surface area (Å²) in [5, 5.41) is 18.1. The van der Waals surface area contributed by atoms with Crippen LogP contribution in [-0.4, -0.2) is 49.7 Å². The molecule has 6 heteroatoms. The summed E-state index contributed by atoms with van der Waals surface area (Å²) in [6.45, 7) is 2.06. The smallest absolute Gasteiger partial charge is 0.184 e. The van der Waals surface area contributed by atoms with Crippen LogP contribution in [0.5, 0.6) is 11.5 Å². The minimum atomic E-state index is 0. The molecule has 1 aromatic rings. The van der Waals surface area contributed by atoms with E-state index in [4.69, 9.17) is 19.7 Å². The zero-order valence-corrected chi connectivity index (χ0v) is 10.9. The topological polar surface area (TPSA) is 62.2 Å². The Bertz CT molecular complexity index is 369. The molecule has 18 heavy (non-hydrogen) atoms. The summed E-state index contributed by atoms with van der Waals surface area (Å²) in [6, 6.07) is 5.64. The van der Waals surface area contributed by atoms with Gasteiger partial charge in [-0.1, -0.05) is 6.07 Å². The summed E-state index contributed by atoms with van der Waals surface area (Å²) in [7, 11) is 0. The van der Waals surface area contributed by atoms with Crippen LogP contribution in [0.4, 0.5) is 5.69 Å². The maximum Gasteiger partial charge on any atom is 0.184 e. The molecule has 0 atom stereocenters. The van der Waals surface area contributed by atoms with E-state index in [1.165, 1.54) is 0 Å². The Labute approximate surface area is 112 Å². The number of halogens is 1. The molecular formula is C12H18ClNO4. The molecular weight excluding hydrogens is 258 g/mol. The van der Waals surface area contributed by atoms with E-state index in [1.54, 1.807) is 0 Å². The first-order valence-electron chi connectivity index (χ1n) is 5.72. The molecule has 1 aromatic carbocycles. The lowest BCUT2D eigenvalue weighted by Crippen LogP contribution is -2.30. The number of ether oxygens (including phenoxy) is 2. The van der Waals surface area contributed by atoms with Crippen molar-refractivity contribution in [1.82, 2.24) is 0 Å². The largest absolute Gasteiger partial charge is 0.486 e. The van der Waals surface area contributed by atoms with Gasteiger partial charge in [0, 0.05) is 13.1 Å². The SMILES string of the molecule is Cl.OCCN(CCO)c1cccc2c1OCCO2. The molecule has 102 valence electrons. The third-order valence-electron chi connectivity index (χ3n) is 2.63. The lowest BCUT2D eigenvalue weighted by Gasteiger charge is -2.28. The lowest BCUT2D eigenvalue weighted by atomic mass is 10.2. The van der Waals surface area contributed by atoms with Crippen molar-refractivity contribution in [2.75, 3.05) is 44.4 Å². The Morgan fingerprint density at radius 2 is 1.72 bits per heavy atom. The first-order valence-corrected chi connectivity index (χ1v) is 5.72. The molecule has 0 bridgehead atoms. The third-order valence-corrected chi connectivity index (χ3v) is 2.63. The molecule has 0 fully saturated rings. The molecule has 5 nitrogen and oxygen atoms in total. The second kappa shape index (κ2) is 7.31. The number of para-hydroxylation sites is 1. The van der Waals surface area contributed by atoms with Crippen LogP contribution in [0.25, 0.3) is 0 Å². The molecule has 0 saturated carbocycles. The fourth-order valence-electron chi connectivity index (χ4n) is 1.90. The van der Waals surface area contributed by atoms with Crippen molar-refractivity contribution in [3.05, 3.63) is 18.2 Å². The molecule has 2 N–H and O–H groups in total. The van der Waals surface area contributed by atoms with Crippen molar-refractivity contribution in [3.63, 3.8) is 0 Å². The highest BCUT2D eigenvalue weighted by Crippen LogP contribution is 2.39. The highest BCUT2D eigenvalue weighted by molar-refractivity contribution is 5.85. The first kappa shape index (κ1) is 14.9. The van der Waals surface area contributed by atoms with Gasteiger partial charge in [0.1, 0.15) is 13.2 Å². The fourth-order valence-corrected chi connectivity index (χ4v) is 1.90. The van der Waals surface area contributed by atoms with E-state index in [0.29, 0.717) is 32.1 Å². The molecule has 0 unspecified atom stereocenters. The standard InChI is InChI=1S/C12H17NO4.ClH/c14-6-4-13(5-7-15)10-2-1-3-11-12(10)17-9-8-16-11;/h1-3,14-15H,4-9H2;1H. The van der Waals surface area contributed by atoms with Gasteiger partial charge in [-0.15, -0.1) is 12.4 Å². The summed E-state index contributed by atoms with van der Waals surface area (Å²) >= 11 is 0. The molecule has 1 aliphatic rings. The van der Waals surface area contributed by atoms with E-state index in [1.807, 2.05) is 23.1 Å². The first-order chi connectivity index (χ1) is 8.36. The van der Waals surface area contributed by atoms with Gasteiger partial charge in [0.25, 0.3) is 0 Å². The summed E-state index contributed by atoms with van der Waals surface area (Å²) in [6.07, 6.45) is 0. The number of anilines is 1. The Morgan fingerprint density at radius 3 is 2.39 bits per heavy atom. The molecule has 1 aliphatic heterocycles. The van der Waals surface area contributed by atoms with Gasteiger partial charge in [-0.3, -0.25) is 0 Å². The molecule has 0 saturated heterocycles. The summed E-state index contributed by atoms with van der Waals surface area (Å²) in [5.41, 5.74) is 0.852. The van der Waals surface area contributed by atoms with Crippen LogP contribution in [-0.2, 0) is 0 Å². The molecule has 0 radical (unpaired) electrons. The average molecular weight is 276 g/mol. The molecule has 2 rings (SSSR count). The van der Waals surface area contributed by atoms with Crippen LogP contribution >= 0.6 is 12.4 Å². The van der Waals surface area contributed by atoms with Gasteiger partial charge in [0.15, 0.2) is 11.5 Å². The van der Waals surface area contributed by atoms with Gasteiger partial charge in [0.2, 0.25) is 0 Å². The number of benzene rings is 1. The van der Waals surface area contributed by atoms with E-state index < -0.39 is 0 Å². The number of hydrogen-bond acceptors (Lipinski definition) is 5. The maximum absolute atomic E-state index is 9.03. The van der Waals surface area contributed by atoms with Crippen LogP contribution in [0, 0.1) is 0 Å². The maximum atomic E-state index is 9.03. The predicted octanol–water partition coefficient (Wildman–Crippen LogP) is 0.671. The van der Waals surface area contributed by atoms with Crippen molar-refractivity contribution < 1.29 is 19.7 Å². The highest BCUT2D eigenvalue weighted by atomic mass is 35.5. The van der Waals surface area contributed by atoms with Crippen molar-refractivity contribution >= 4 is 18.1 Å². The number of nitrogens with zero attached hydrogens (tertiary/aromatic N) is 1. The molecule has 1 heterocycles. The second-order valence-electron chi connectivity index (χ2n) is 3.74. The highest BCUT2D eigenvalue weighted by Gasteiger charge is 2.19. The van der Waals surface area contributed by atoms with Gasteiger partial charge in [-0.05, 0) is 12.1 Å². The van der Waals surface area contributed by atoms with E-state index >= 15 is 0 Å². The Hall–Kier alpha value is -1.17. The van der Waals surface area contributed by atoms with Crippen molar-refractivity contribution in [2.24, 2.45) is 0 Å². The summed E-state index contributed by atoms with van der Waals surface area (Å²) in [5.74, 6) is 1.41. The Balaban J connectivity index is 0.00000162. The van der Waals surface area contributed by atoms with E-state index in [9.17, 15) is 0 Å². The van der Waals surface area contributed by atoms with Crippen molar-refractivity contribution in [2.45, 2.75) is 0 Å². The van der Waals surface area contributed by atoms with Gasteiger partial charge in [0.05, 0.1) is 18.9 Å². The number of fused-ring (bicyclic) bond motifs is 1. The molecule has 0 aliphatic carbocycles. The molecule has 0 aromatic heterocycles. The number of rotatable bonds is 5. The Morgan fingerprint density at radius 1 is 1.06 bits per heavy atom. The van der Waals surface area contributed by atoms with Crippen molar-refractivity contribution in [3.8, 4) is 11.5 Å².